The van der Waals surface area contributed by atoms with Gasteiger partial charge in [0.15, 0.2) is 0 Å². The number of hydrogen-bond donors (Lipinski definition) is 1. The molecule has 140 valence electrons. The van der Waals surface area contributed by atoms with Crippen LogP contribution in [0.4, 0.5) is 5.69 Å². The second-order valence-corrected chi connectivity index (χ2v) is 7.02. The molecule has 0 bridgehead atoms. The van der Waals surface area contributed by atoms with Gasteiger partial charge in [0.25, 0.3) is 5.91 Å². The fraction of sp³-hybridized carbons (Fsp3) is 0.263. The Hall–Kier alpha value is -3.00. The van der Waals surface area contributed by atoms with E-state index in [1.54, 1.807) is 23.3 Å². The van der Waals surface area contributed by atoms with E-state index >= 15 is 0 Å². The predicted octanol–water partition coefficient (Wildman–Crippen LogP) is 2.82. The molecule has 0 spiro atoms. The Bertz CT molecular complexity index is 962. The van der Waals surface area contributed by atoms with E-state index in [0.717, 1.165) is 28.2 Å². The second kappa shape index (κ2) is 8.13. The van der Waals surface area contributed by atoms with E-state index in [2.05, 4.69) is 15.4 Å². The summed E-state index contributed by atoms with van der Waals surface area (Å²) in [6.07, 6.45) is 4.37. The molecule has 0 saturated carbocycles. The number of likely N-dealkylation sites (N-methyl/N-ethyl adjacent to an activating group) is 1. The zero-order valence-corrected chi connectivity index (χ0v) is 16.3. The molecule has 7 nitrogen and oxygen atoms in total. The fourth-order valence-electron chi connectivity index (χ4n) is 2.66. The monoisotopic (exact) mass is 383 g/mol. The molecule has 0 aliphatic carbocycles. The van der Waals surface area contributed by atoms with E-state index in [9.17, 15) is 9.59 Å². The summed E-state index contributed by atoms with van der Waals surface area (Å²) in [6, 6.07) is 7.64. The molecular weight excluding hydrogens is 362 g/mol. The van der Waals surface area contributed by atoms with Gasteiger partial charge in [-0.25, -0.2) is 4.98 Å². The minimum absolute atomic E-state index is 0.0450. The molecule has 8 heteroatoms. The van der Waals surface area contributed by atoms with Crippen molar-refractivity contribution in [3.8, 4) is 10.6 Å². The first-order chi connectivity index (χ1) is 13.0. The van der Waals surface area contributed by atoms with Crippen molar-refractivity contribution < 1.29 is 9.59 Å². The molecule has 1 aromatic carbocycles. The first kappa shape index (κ1) is 18.8. The van der Waals surface area contributed by atoms with Crippen molar-refractivity contribution in [2.75, 3.05) is 18.9 Å². The van der Waals surface area contributed by atoms with Gasteiger partial charge >= 0.3 is 0 Å². The molecule has 0 saturated heterocycles. The number of amides is 2. The van der Waals surface area contributed by atoms with Crippen molar-refractivity contribution >= 4 is 28.8 Å². The van der Waals surface area contributed by atoms with Crippen molar-refractivity contribution in [1.82, 2.24) is 19.7 Å². The van der Waals surface area contributed by atoms with Crippen LogP contribution in [-0.2, 0) is 18.3 Å². The summed E-state index contributed by atoms with van der Waals surface area (Å²) in [6.45, 7) is 1.99. The van der Waals surface area contributed by atoms with E-state index < -0.39 is 0 Å². The van der Waals surface area contributed by atoms with Gasteiger partial charge < -0.3 is 10.2 Å². The summed E-state index contributed by atoms with van der Waals surface area (Å²) in [5, 5.41) is 9.40. The number of aryl methyl sites for hydroxylation is 2. The first-order valence-electron chi connectivity index (χ1n) is 8.55. The number of aromatic nitrogens is 3. The van der Waals surface area contributed by atoms with Crippen LogP contribution in [-0.4, -0.2) is 45.1 Å². The van der Waals surface area contributed by atoms with Gasteiger partial charge in [0.2, 0.25) is 5.91 Å². The van der Waals surface area contributed by atoms with Crippen molar-refractivity contribution in [3.63, 3.8) is 0 Å². The molecule has 0 radical (unpaired) electrons. The molecular formula is C19H21N5O2S. The number of anilines is 1. The molecule has 0 unspecified atom stereocenters. The number of hydrogen-bond acceptors (Lipinski definition) is 5. The standard InChI is InChI=1S/C19H21N5O2S/c1-4-13-7-5-6-8-15(13)21-17(25)11-23(2)19(26)16-12-27-18(22-16)14-9-20-24(3)10-14/h5-10,12H,4,11H2,1-3H3,(H,21,25). The van der Waals surface area contributed by atoms with Gasteiger partial charge in [-0.2, -0.15) is 5.10 Å². The highest BCUT2D eigenvalue weighted by Crippen LogP contribution is 2.23. The summed E-state index contributed by atoms with van der Waals surface area (Å²) >= 11 is 1.38. The highest BCUT2D eigenvalue weighted by Gasteiger charge is 2.19. The molecule has 1 N–H and O–H groups in total. The van der Waals surface area contributed by atoms with E-state index in [4.69, 9.17) is 0 Å². The Labute approximate surface area is 161 Å². The molecule has 2 heterocycles. The summed E-state index contributed by atoms with van der Waals surface area (Å²) in [4.78, 5) is 30.6. The van der Waals surface area contributed by atoms with E-state index in [1.165, 1.54) is 16.2 Å². The number of thiazole rings is 1. The third kappa shape index (κ3) is 4.40. The molecule has 3 rings (SSSR count). The van der Waals surface area contributed by atoms with Crippen molar-refractivity contribution in [2.24, 2.45) is 7.05 Å². The van der Waals surface area contributed by atoms with Gasteiger partial charge in [-0.05, 0) is 18.1 Å². The minimum atomic E-state index is -0.291. The minimum Gasteiger partial charge on any atom is -0.331 e. The van der Waals surface area contributed by atoms with Gasteiger partial charge in [0.1, 0.15) is 10.7 Å². The van der Waals surface area contributed by atoms with Gasteiger partial charge in [-0.15, -0.1) is 11.3 Å². The van der Waals surface area contributed by atoms with Crippen LogP contribution in [0.1, 0.15) is 23.0 Å². The Kier molecular flexibility index (Phi) is 5.66. The molecule has 0 aliphatic rings. The van der Waals surface area contributed by atoms with Gasteiger partial charge in [0, 0.05) is 36.9 Å². The maximum Gasteiger partial charge on any atom is 0.273 e. The molecule has 2 aromatic heterocycles. The maximum atomic E-state index is 12.6. The molecule has 0 atom stereocenters. The lowest BCUT2D eigenvalue weighted by atomic mass is 10.1. The third-order valence-electron chi connectivity index (χ3n) is 4.07. The number of carbonyl (C=O) groups excluding carboxylic acids is 2. The molecule has 2 amide bonds. The van der Waals surface area contributed by atoms with Crippen LogP contribution < -0.4 is 5.32 Å². The average Bonchev–Trinajstić information content (AvgIpc) is 3.30. The Balaban J connectivity index is 1.63. The number of nitrogens with one attached hydrogen (secondary N) is 1. The van der Waals surface area contributed by atoms with Crippen LogP contribution >= 0.6 is 11.3 Å². The largest absolute Gasteiger partial charge is 0.331 e. The Morgan fingerprint density at radius 3 is 2.78 bits per heavy atom. The normalized spacial score (nSPS) is 10.6. The van der Waals surface area contributed by atoms with Gasteiger partial charge in [-0.3, -0.25) is 14.3 Å². The summed E-state index contributed by atoms with van der Waals surface area (Å²) < 4.78 is 1.68. The van der Waals surface area contributed by atoms with Crippen molar-refractivity contribution in [3.05, 3.63) is 53.3 Å². The van der Waals surface area contributed by atoms with Crippen LogP contribution in [0.5, 0.6) is 0 Å². The highest BCUT2D eigenvalue weighted by molar-refractivity contribution is 7.13. The van der Waals surface area contributed by atoms with Crippen LogP contribution in [0.15, 0.2) is 42.0 Å². The van der Waals surface area contributed by atoms with Gasteiger partial charge in [0.05, 0.1) is 12.7 Å². The maximum absolute atomic E-state index is 12.6. The fourth-order valence-corrected chi connectivity index (χ4v) is 3.43. The SMILES string of the molecule is CCc1ccccc1NC(=O)CN(C)C(=O)c1csc(-c2cnn(C)c2)n1. The highest BCUT2D eigenvalue weighted by atomic mass is 32.1. The lowest BCUT2D eigenvalue weighted by molar-refractivity contribution is -0.116. The van der Waals surface area contributed by atoms with Gasteiger partial charge in [-0.1, -0.05) is 25.1 Å². The summed E-state index contributed by atoms with van der Waals surface area (Å²) in [5.74, 6) is -0.533. The molecule has 27 heavy (non-hydrogen) atoms. The molecule has 0 fully saturated rings. The molecule has 0 aliphatic heterocycles. The first-order valence-corrected chi connectivity index (χ1v) is 9.43. The average molecular weight is 383 g/mol. The quantitative estimate of drug-likeness (QED) is 0.710. The molecule has 3 aromatic rings. The van der Waals surface area contributed by atoms with Crippen LogP contribution in [0.3, 0.4) is 0 Å². The number of para-hydroxylation sites is 1. The smallest absolute Gasteiger partial charge is 0.273 e. The zero-order chi connectivity index (χ0) is 19.4. The lowest BCUT2D eigenvalue weighted by Crippen LogP contribution is -2.35. The van der Waals surface area contributed by atoms with Crippen molar-refractivity contribution in [1.29, 1.82) is 0 Å². The summed E-state index contributed by atoms with van der Waals surface area (Å²) in [7, 11) is 3.42. The topological polar surface area (TPSA) is 80.1 Å². The number of rotatable bonds is 6. The van der Waals surface area contributed by atoms with Crippen LogP contribution in [0.2, 0.25) is 0 Å². The van der Waals surface area contributed by atoms with E-state index in [-0.39, 0.29) is 18.4 Å². The van der Waals surface area contributed by atoms with Crippen LogP contribution in [0, 0.1) is 0 Å². The number of nitrogens with zero attached hydrogens (tertiary/aromatic N) is 4. The van der Waals surface area contributed by atoms with E-state index in [0.29, 0.717) is 5.69 Å². The Morgan fingerprint density at radius 1 is 1.30 bits per heavy atom. The second-order valence-electron chi connectivity index (χ2n) is 6.16. The predicted molar refractivity (Wildman–Crippen MR) is 106 cm³/mol. The number of carbonyl (C=O) groups is 2. The van der Waals surface area contributed by atoms with Crippen molar-refractivity contribution in [2.45, 2.75) is 13.3 Å². The third-order valence-corrected chi connectivity index (χ3v) is 4.97. The summed E-state index contributed by atoms with van der Waals surface area (Å²) in [5.41, 5.74) is 3.01. The zero-order valence-electron chi connectivity index (χ0n) is 15.5. The number of benzene rings is 1. The van der Waals surface area contributed by atoms with Crippen LogP contribution in [0.25, 0.3) is 10.6 Å². The lowest BCUT2D eigenvalue weighted by Gasteiger charge is -2.16. The van der Waals surface area contributed by atoms with E-state index in [1.807, 2.05) is 44.4 Å². The Morgan fingerprint density at radius 2 is 2.07 bits per heavy atom.